The van der Waals surface area contributed by atoms with Gasteiger partial charge in [0.2, 0.25) is 33.6 Å². The maximum atomic E-state index is 15.7. The van der Waals surface area contributed by atoms with E-state index in [0.717, 1.165) is 12.1 Å². The average molecular weight is 1320 g/mol. The SMILES string of the molecule is N#CC(C#N)=C1/C(=N/c2nc3c(s2)-c2cc4c(cc2C(C(=O)OCc2ccccc2)(C(=O)OCc2ccccc2)O3)-c2sc(/N=C3\C(=O)c5cc(F)c(F)cc5C3=C(C#N)C#N)nc2OC4(C(=O)OCc2ccccc2)C(=O)OCc2ccccc2)C(=O)c2cc(F)c(F)cc21. The monoisotopic (exact) mass is 1320 g/mol. The number of benzene rings is 7. The summed E-state index contributed by atoms with van der Waals surface area (Å²) in [5.41, 5.74) is -11.8. The minimum absolute atomic E-state index is 0.190. The van der Waals surface area contributed by atoms with Gasteiger partial charge in [-0.1, -0.05) is 144 Å². The number of esters is 4. The van der Waals surface area contributed by atoms with Crippen molar-refractivity contribution in [2.75, 3.05) is 0 Å². The maximum Gasteiger partial charge on any atom is 0.367 e. The minimum atomic E-state index is -3.18. The molecule has 2 aromatic heterocycles. The standard InChI is InChI=1S/C70H34F4N8O12S2/c71-49-23-41-43(25-51(49)73)57(83)55(53(41)39(27-75)28-76)79-67-81-61-59(95-67)45-22-48-46(21-47(45)69(93-61,63(85)89-31-35-13-5-1-6-14-35)64(86)90-32-36-15-7-2-8-16-36)60-62(82-68(96-60)80-56-54(40(29-77)30-78)42-24-50(72)52(74)26-44(42)58(56)84)94-70(48,65(87)91-33-37-17-9-3-10-18-37)66(88)92-34-38-19-11-4-12-20-38/h1-26H,31-34H2/b79-55-,80-56-. The largest absolute Gasteiger partial charge is 0.457 e. The number of ether oxygens (including phenoxy) is 6. The lowest BCUT2D eigenvalue weighted by molar-refractivity contribution is -0.185. The quantitative estimate of drug-likeness (QED) is 0.0321. The van der Waals surface area contributed by atoms with Crippen molar-refractivity contribution in [2.24, 2.45) is 9.98 Å². The molecule has 26 heteroatoms. The molecular formula is C70H34F4N8O12S2. The topological polar surface area (TPSA) is 303 Å². The predicted octanol–water partition coefficient (Wildman–Crippen LogP) is 12.2. The Hall–Kier alpha value is -12.9. The number of halogens is 4. The Labute approximate surface area is 546 Å². The molecule has 2 aliphatic carbocycles. The van der Waals surface area contributed by atoms with E-state index in [1.807, 2.05) is 0 Å². The number of hydrogen-bond donors (Lipinski definition) is 0. The highest BCUT2D eigenvalue weighted by Gasteiger charge is 2.63. The Morgan fingerprint density at radius 3 is 0.990 bits per heavy atom. The van der Waals surface area contributed by atoms with Crippen molar-refractivity contribution >= 4 is 90.9 Å². The number of rotatable bonds is 14. The maximum absolute atomic E-state index is 15.7. The van der Waals surface area contributed by atoms with Crippen LogP contribution in [-0.4, -0.2) is 56.8 Å². The van der Waals surface area contributed by atoms with E-state index in [1.165, 1.54) is 0 Å². The van der Waals surface area contributed by atoms with Gasteiger partial charge >= 0.3 is 35.1 Å². The molecule has 2 aliphatic heterocycles. The van der Waals surface area contributed by atoms with Crippen molar-refractivity contribution in [3.05, 3.63) is 248 Å². The number of aliphatic imine (C=N–C) groups is 2. The van der Waals surface area contributed by atoms with Crippen LogP contribution in [0, 0.1) is 68.6 Å². The third-order valence-corrected chi connectivity index (χ3v) is 17.4. The zero-order valence-corrected chi connectivity index (χ0v) is 50.3. The first-order valence-corrected chi connectivity index (χ1v) is 29.9. The molecule has 96 heavy (non-hydrogen) atoms. The van der Waals surface area contributed by atoms with Crippen LogP contribution in [-0.2, 0) is 75.8 Å². The molecule has 0 N–H and O–H groups in total. The summed E-state index contributed by atoms with van der Waals surface area (Å²) in [5.74, 6) is -15.1. The number of nitriles is 4. The van der Waals surface area contributed by atoms with Crippen molar-refractivity contribution in [3.8, 4) is 56.9 Å². The van der Waals surface area contributed by atoms with Gasteiger partial charge in [0.15, 0.2) is 23.3 Å². The van der Waals surface area contributed by atoms with E-state index in [1.54, 1.807) is 146 Å². The summed E-state index contributed by atoms with van der Waals surface area (Å²) in [4.78, 5) is 109. The van der Waals surface area contributed by atoms with Gasteiger partial charge in [-0.2, -0.15) is 31.0 Å². The molecule has 0 saturated heterocycles. The Balaban J connectivity index is 1.09. The van der Waals surface area contributed by atoms with Crippen LogP contribution in [0.5, 0.6) is 11.8 Å². The van der Waals surface area contributed by atoms with E-state index in [-0.39, 0.29) is 32.0 Å². The van der Waals surface area contributed by atoms with Crippen LogP contribution in [0.4, 0.5) is 27.8 Å². The highest BCUT2D eigenvalue weighted by Crippen LogP contribution is 2.58. The van der Waals surface area contributed by atoms with Crippen LogP contribution in [0.15, 0.2) is 179 Å². The third-order valence-electron chi connectivity index (χ3n) is 15.5. The van der Waals surface area contributed by atoms with E-state index < -0.39 is 174 Å². The molecule has 0 saturated carbocycles. The summed E-state index contributed by atoms with van der Waals surface area (Å²) in [6, 6.07) is 44.1. The highest BCUT2D eigenvalue weighted by atomic mass is 32.1. The zero-order chi connectivity index (χ0) is 67.2. The van der Waals surface area contributed by atoms with Crippen molar-refractivity contribution in [1.29, 1.82) is 21.0 Å². The summed E-state index contributed by atoms with van der Waals surface area (Å²) < 4.78 is 97.0. The minimum Gasteiger partial charge on any atom is -0.457 e. The summed E-state index contributed by atoms with van der Waals surface area (Å²) in [5, 5.41) is 39.6. The molecule has 0 spiro atoms. The van der Waals surface area contributed by atoms with Gasteiger partial charge in [0.05, 0.1) is 0 Å². The highest BCUT2D eigenvalue weighted by molar-refractivity contribution is 7.19. The number of nitrogens with zero attached hydrogens (tertiary/aromatic N) is 8. The first-order chi connectivity index (χ1) is 46.5. The third kappa shape index (κ3) is 10.7. The van der Waals surface area contributed by atoms with Gasteiger partial charge in [0, 0.05) is 55.7 Å². The summed E-state index contributed by atoms with van der Waals surface area (Å²) in [6.45, 7) is -2.07. The van der Waals surface area contributed by atoms with E-state index in [0.29, 0.717) is 69.2 Å². The Morgan fingerprint density at radius 2 is 0.708 bits per heavy atom. The molecule has 4 aliphatic rings. The fourth-order valence-corrected chi connectivity index (χ4v) is 12.8. The lowest BCUT2D eigenvalue weighted by Gasteiger charge is -2.38. The number of thiazole rings is 2. The molecule has 9 aromatic rings. The first-order valence-electron chi connectivity index (χ1n) is 28.3. The fourth-order valence-electron chi connectivity index (χ4n) is 11.0. The van der Waals surface area contributed by atoms with E-state index in [9.17, 15) is 48.2 Å². The number of fused-ring (bicyclic) bond motifs is 8. The van der Waals surface area contributed by atoms with Crippen LogP contribution in [0.3, 0.4) is 0 Å². The Kier molecular flexibility index (Phi) is 16.1. The number of ketones is 2. The molecule has 4 heterocycles. The molecule has 0 unspecified atom stereocenters. The number of carbonyl (C=O) groups excluding carboxylic acids is 6. The van der Waals surface area contributed by atoms with Crippen LogP contribution in [0.1, 0.15) is 65.2 Å². The number of allylic oxidation sites excluding steroid dienone is 4. The molecule has 13 rings (SSSR count). The van der Waals surface area contributed by atoms with Gasteiger partial charge in [-0.25, -0.2) is 46.7 Å². The number of aromatic nitrogens is 2. The molecule has 7 aromatic carbocycles. The van der Waals surface area contributed by atoms with Crippen LogP contribution < -0.4 is 9.47 Å². The zero-order valence-electron chi connectivity index (χ0n) is 48.6. The summed E-state index contributed by atoms with van der Waals surface area (Å²) >= 11 is 1.14. The van der Waals surface area contributed by atoms with Gasteiger partial charge in [-0.15, -0.1) is 0 Å². The van der Waals surface area contributed by atoms with Gasteiger partial charge < -0.3 is 28.4 Å². The predicted molar refractivity (Wildman–Crippen MR) is 330 cm³/mol. The molecule has 0 bridgehead atoms. The van der Waals surface area contributed by atoms with Gasteiger partial charge in [-0.05, 0) is 58.7 Å². The normalized spacial score (nSPS) is 14.7. The molecule has 0 radical (unpaired) electrons. The summed E-state index contributed by atoms with van der Waals surface area (Å²) in [7, 11) is 0. The molecule has 0 fully saturated rings. The van der Waals surface area contributed by atoms with Crippen molar-refractivity contribution in [2.45, 2.75) is 37.6 Å². The van der Waals surface area contributed by atoms with Gasteiger partial charge in [0.25, 0.3) is 0 Å². The number of hydrogen-bond acceptors (Lipinski definition) is 22. The fraction of sp³-hybridized carbons (Fsp3) is 0.0857. The van der Waals surface area contributed by atoms with E-state index in [2.05, 4.69) is 20.0 Å². The molecule has 466 valence electrons. The Morgan fingerprint density at radius 1 is 0.427 bits per heavy atom. The number of Topliss-reactive ketones (excluding diaryl/α,β-unsaturated/α-hetero) is 2. The smallest absolute Gasteiger partial charge is 0.367 e. The van der Waals surface area contributed by atoms with Crippen LogP contribution >= 0.6 is 22.7 Å². The Bertz CT molecular complexity index is 4740. The average Bonchev–Trinajstić information content (AvgIpc) is 1.12. The second-order valence-electron chi connectivity index (χ2n) is 21.2. The van der Waals surface area contributed by atoms with E-state index >= 15 is 19.2 Å². The van der Waals surface area contributed by atoms with Crippen molar-refractivity contribution < 1.29 is 74.8 Å². The molecule has 20 nitrogen and oxygen atoms in total. The van der Waals surface area contributed by atoms with Crippen molar-refractivity contribution in [3.63, 3.8) is 0 Å². The lowest BCUT2D eigenvalue weighted by Crippen LogP contribution is -2.54. The summed E-state index contributed by atoms with van der Waals surface area (Å²) in [6.07, 6.45) is 0. The van der Waals surface area contributed by atoms with E-state index in [4.69, 9.17) is 28.4 Å². The van der Waals surface area contributed by atoms with Crippen LogP contribution in [0.25, 0.3) is 32.0 Å². The van der Waals surface area contributed by atoms with Crippen LogP contribution in [0.2, 0.25) is 0 Å². The molecular weight excluding hydrogens is 1280 g/mol. The van der Waals surface area contributed by atoms with Crippen molar-refractivity contribution in [1.82, 2.24) is 9.97 Å². The lowest BCUT2D eigenvalue weighted by atomic mass is 9.79. The van der Waals surface area contributed by atoms with Gasteiger partial charge in [0.1, 0.15) is 83.0 Å². The first kappa shape index (κ1) is 62.0. The number of carbonyl (C=O) groups is 6. The second-order valence-corrected chi connectivity index (χ2v) is 23.1. The van der Waals surface area contributed by atoms with Gasteiger partial charge in [-0.3, -0.25) is 9.59 Å². The second kappa shape index (κ2) is 25.0. The molecule has 0 atom stereocenters. The molecule has 0 amide bonds.